The molecule has 0 radical (unpaired) electrons. The molecular formula is C14H13Cl3N2. The average Bonchev–Trinajstić information content (AvgIpc) is 2.33. The van der Waals surface area contributed by atoms with Crippen molar-refractivity contribution >= 4 is 46.2 Å². The second-order valence-electron chi connectivity index (χ2n) is 4.26. The van der Waals surface area contributed by atoms with Crippen molar-refractivity contribution in [1.29, 1.82) is 0 Å². The lowest BCUT2D eigenvalue weighted by Gasteiger charge is -2.18. The van der Waals surface area contributed by atoms with Crippen molar-refractivity contribution in [3.8, 4) is 0 Å². The van der Waals surface area contributed by atoms with Crippen LogP contribution in [0.25, 0.3) is 0 Å². The van der Waals surface area contributed by atoms with E-state index in [1.54, 1.807) is 24.3 Å². The lowest BCUT2D eigenvalue weighted by Crippen LogP contribution is -2.08. The molecule has 0 spiro atoms. The number of hydrogen-bond acceptors (Lipinski definition) is 2. The normalized spacial score (nSPS) is 12.2. The van der Waals surface area contributed by atoms with Crippen molar-refractivity contribution in [2.24, 2.45) is 0 Å². The second kappa shape index (κ2) is 5.91. The first-order valence-corrected chi connectivity index (χ1v) is 6.87. The molecule has 0 fully saturated rings. The fourth-order valence-corrected chi connectivity index (χ4v) is 2.56. The van der Waals surface area contributed by atoms with Gasteiger partial charge in [-0.2, -0.15) is 0 Å². The summed E-state index contributed by atoms with van der Waals surface area (Å²) in [4.78, 5) is 0. The van der Waals surface area contributed by atoms with Gasteiger partial charge in [0.05, 0.1) is 17.4 Å². The summed E-state index contributed by atoms with van der Waals surface area (Å²) in [5.74, 6) is 0. The molecule has 1 unspecified atom stereocenters. The first-order valence-electron chi connectivity index (χ1n) is 5.74. The molecule has 0 bridgehead atoms. The third kappa shape index (κ3) is 3.47. The third-order valence-corrected chi connectivity index (χ3v) is 3.61. The molecule has 2 aromatic rings. The average molecular weight is 316 g/mol. The van der Waals surface area contributed by atoms with Crippen LogP contribution in [-0.4, -0.2) is 0 Å². The van der Waals surface area contributed by atoms with Gasteiger partial charge >= 0.3 is 0 Å². The summed E-state index contributed by atoms with van der Waals surface area (Å²) in [7, 11) is 0. The highest BCUT2D eigenvalue weighted by Gasteiger charge is 2.11. The minimum atomic E-state index is -0.00877. The van der Waals surface area contributed by atoms with E-state index in [1.165, 1.54) is 0 Å². The standard InChI is InChI=1S/C14H13Cl3N2/c1-8(11-4-2-9(15)6-12(11)17)19-14-7-10(16)3-5-13(14)18/h2-8,19H,18H2,1H3. The Bertz CT molecular complexity index is 599. The first kappa shape index (κ1) is 14.3. The number of nitrogens with two attached hydrogens (primary N) is 1. The Morgan fingerprint density at radius 2 is 1.63 bits per heavy atom. The summed E-state index contributed by atoms with van der Waals surface area (Å²) in [6.07, 6.45) is 0. The molecule has 19 heavy (non-hydrogen) atoms. The molecule has 2 nitrogen and oxygen atoms in total. The maximum Gasteiger partial charge on any atom is 0.0593 e. The number of halogens is 3. The van der Waals surface area contributed by atoms with Gasteiger partial charge in [-0.3, -0.25) is 0 Å². The summed E-state index contributed by atoms with van der Waals surface area (Å²) in [5.41, 5.74) is 8.28. The van der Waals surface area contributed by atoms with Gasteiger partial charge in [0.15, 0.2) is 0 Å². The van der Waals surface area contributed by atoms with E-state index in [4.69, 9.17) is 40.5 Å². The van der Waals surface area contributed by atoms with Gasteiger partial charge in [-0.1, -0.05) is 40.9 Å². The van der Waals surface area contributed by atoms with Crippen LogP contribution in [0.4, 0.5) is 11.4 Å². The molecule has 2 aromatic carbocycles. The molecule has 0 aliphatic rings. The lowest BCUT2D eigenvalue weighted by molar-refractivity contribution is 0.886. The fraction of sp³-hybridized carbons (Fsp3) is 0.143. The first-order chi connectivity index (χ1) is 8.97. The summed E-state index contributed by atoms with van der Waals surface area (Å²) in [6, 6.07) is 10.7. The van der Waals surface area contributed by atoms with Gasteiger partial charge in [0.2, 0.25) is 0 Å². The monoisotopic (exact) mass is 314 g/mol. The molecule has 0 aromatic heterocycles. The maximum absolute atomic E-state index is 6.18. The highest BCUT2D eigenvalue weighted by molar-refractivity contribution is 6.35. The smallest absolute Gasteiger partial charge is 0.0593 e. The Labute approximate surface area is 127 Å². The number of nitrogen functional groups attached to an aromatic ring is 1. The van der Waals surface area contributed by atoms with Crippen LogP contribution in [0.5, 0.6) is 0 Å². The van der Waals surface area contributed by atoms with E-state index in [-0.39, 0.29) is 6.04 Å². The van der Waals surface area contributed by atoms with Gasteiger partial charge in [0.1, 0.15) is 0 Å². The molecule has 2 rings (SSSR count). The molecule has 100 valence electrons. The zero-order valence-electron chi connectivity index (χ0n) is 10.3. The number of benzene rings is 2. The van der Waals surface area contributed by atoms with Gasteiger partial charge in [-0.05, 0) is 42.8 Å². The van der Waals surface area contributed by atoms with Crippen LogP contribution in [0.1, 0.15) is 18.5 Å². The molecule has 0 saturated heterocycles. The van der Waals surface area contributed by atoms with Gasteiger partial charge in [0, 0.05) is 15.1 Å². The van der Waals surface area contributed by atoms with E-state index in [1.807, 2.05) is 19.1 Å². The molecule has 0 amide bonds. The predicted octanol–water partition coefficient (Wildman–Crippen LogP) is 5.40. The highest BCUT2D eigenvalue weighted by atomic mass is 35.5. The molecule has 5 heteroatoms. The van der Waals surface area contributed by atoms with Gasteiger partial charge in [-0.15, -0.1) is 0 Å². The van der Waals surface area contributed by atoms with Crippen molar-refractivity contribution < 1.29 is 0 Å². The Morgan fingerprint density at radius 3 is 2.32 bits per heavy atom. The van der Waals surface area contributed by atoms with Gasteiger partial charge in [-0.25, -0.2) is 0 Å². The summed E-state index contributed by atoms with van der Waals surface area (Å²) in [6.45, 7) is 2.00. The Hall–Kier alpha value is -1.09. The maximum atomic E-state index is 6.18. The molecule has 0 saturated carbocycles. The topological polar surface area (TPSA) is 38.0 Å². The Morgan fingerprint density at radius 1 is 1.00 bits per heavy atom. The lowest BCUT2D eigenvalue weighted by atomic mass is 10.1. The summed E-state index contributed by atoms with van der Waals surface area (Å²) in [5, 5.41) is 5.15. The minimum absolute atomic E-state index is 0.00877. The van der Waals surface area contributed by atoms with Gasteiger partial charge in [0.25, 0.3) is 0 Å². The van der Waals surface area contributed by atoms with E-state index in [0.29, 0.717) is 20.8 Å². The van der Waals surface area contributed by atoms with Crippen LogP contribution in [0.3, 0.4) is 0 Å². The second-order valence-corrected chi connectivity index (χ2v) is 5.54. The quantitative estimate of drug-likeness (QED) is 0.744. The van der Waals surface area contributed by atoms with E-state index >= 15 is 0 Å². The highest BCUT2D eigenvalue weighted by Crippen LogP contribution is 2.31. The van der Waals surface area contributed by atoms with Crippen LogP contribution in [0.15, 0.2) is 36.4 Å². The Balaban J connectivity index is 2.25. The minimum Gasteiger partial charge on any atom is -0.397 e. The van der Waals surface area contributed by atoms with E-state index in [2.05, 4.69) is 5.32 Å². The SMILES string of the molecule is CC(Nc1cc(Cl)ccc1N)c1ccc(Cl)cc1Cl. The number of hydrogen-bond donors (Lipinski definition) is 2. The zero-order chi connectivity index (χ0) is 14.0. The van der Waals surface area contributed by atoms with Crippen LogP contribution >= 0.6 is 34.8 Å². The number of rotatable bonds is 3. The van der Waals surface area contributed by atoms with Crippen molar-refractivity contribution in [3.05, 3.63) is 57.0 Å². The predicted molar refractivity (Wildman–Crippen MR) is 84.4 cm³/mol. The number of nitrogens with one attached hydrogen (secondary N) is 1. The van der Waals surface area contributed by atoms with E-state index < -0.39 is 0 Å². The number of anilines is 2. The van der Waals surface area contributed by atoms with Crippen molar-refractivity contribution in [2.75, 3.05) is 11.1 Å². The van der Waals surface area contributed by atoms with Crippen molar-refractivity contribution in [1.82, 2.24) is 0 Å². The summed E-state index contributed by atoms with van der Waals surface area (Å²) < 4.78 is 0. The molecular weight excluding hydrogens is 303 g/mol. The van der Waals surface area contributed by atoms with Crippen LogP contribution in [0.2, 0.25) is 15.1 Å². The van der Waals surface area contributed by atoms with Crippen LogP contribution in [0, 0.1) is 0 Å². The van der Waals surface area contributed by atoms with E-state index in [9.17, 15) is 0 Å². The third-order valence-electron chi connectivity index (χ3n) is 2.82. The van der Waals surface area contributed by atoms with Crippen LogP contribution in [-0.2, 0) is 0 Å². The molecule has 3 N–H and O–H groups in total. The van der Waals surface area contributed by atoms with Gasteiger partial charge < -0.3 is 11.1 Å². The van der Waals surface area contributed by atoms with Crippen molar-refractivity contribution in [2.45, 2.75) is 13.0 Å². The molecule has 0 heterocycles. The molecule has 0 aliphatic heterocycles. The fourth-order valence-electron chi connectivity index (χ4n) is 1.82. The Kier molecular flexibility index (Phi) is 4.46. The largest absolute Gasteiger partial charge is 0.397 e. The van der Waals surface area contributed by atoms with Crippen LogP contribution < -0.4 is 11.1 Å². The van der Waals surface area contributed by atoms with Crippen molar-refractivity contribution in [3.63, 3.8) is 0 Å². The molecule has 0 aliphatic carbocycles. The molecule has 1 atom stereocenters. The van der Waals surface area contributed by atoms with E-state index in [0.717, 1.165) is 11.3 Å². The summed E-state index contributed by atoms with van der Waals surface area (Å²) >= 11 is 18.0. The zero-order valence-corrected chi connectivity index (χ0v) is 12.5.